The van der Waals surface area contributed by atoms with E-state index in [9.17, 15) is 9.59 Å². The fourth-order valence-corrected chi connectivity index (χ4v) is 2.99. The van der Waals surface area contributed by atoms with Gasteiger partial charge in [0.25, 0.3) is 0 Å². The highest BCUT2D eigenvalue weighted by atomic mass is 32.1. The number of nitrogens with two attached hydrogens (primary N) is 1. The Labute approximate surface area is 171 Å². The lowest BCUT2D eigenvalue weighted by atomic mass is 10.1. The number of thiazole rings is 1. The van der Waals surface area contributed by atoms with E-state index in [1.165, 1.54) is 13.8 Å². The van der Waals surface area contributed by atoms with Crippen molar-refractivity contribution in [2.75, 3.05) is 12.3 Å². The first-order valence-electron chi connectivity index (χ1n) is 8.99. The molecule has 0 atom stereocenters. The van der Waals surface area contributed by atoms with Crippen molar-refractivity contribution < 1.29 is 23.9 Å². The fourth-order valence-electron chi connectivity index (χ4n) is 1.73. The summed E-state index contributed by atoms with van der Waals surface area (Å²) in [5.41, 5.74) is 3.60. The Kier molecular flexibility index (Phi) is 7.78. The van der Waals surface area contributed by atoms with Crippen LogP contribution in [0.5, 0.6) is 0 Å². The number of carbonyl (C=O) groups excluding carboxylic acids is 2. The van der Waals surface area contributed by atoms with E-state index in [2.05, 4.69) is 29.8 Å². The van der Waals surface area contributed by atoms with Crippen molar-refractivity contribution in [3.8, 4) is 0 Å². The lowest BCUT2D eigenvalue weighted by Gasteiger charge is -2.23. The molecule has 0 aromatic carbocycles. The Balaban J connectivity index is 2.95. The van der Waals surface area contributed by atoms with Gasteiger partial charge in [-0.2, -0.15) is 0 Å². The van der Waals surface area contributed by atoms with Crippen LogP contribution in [0.3, 0.4) is 0 Å². The molecule has 0 aliphatic rings. The van der Waals surface area contributed by atoms with Crippen LogP contribution in [0.1, 0.15) is 40.3 Å². The highest BCUT2D eigenvalue weighted by Gasteiger charge is 2.34. The van der Waals surface area contributed by atoms with E-state index in [1.54, 1.807) is 26.2 Å². The van der Waals surface area contributed by atoms with Gasteiger partial charge >= 0.3 is 11.9 Å². The van der Waals surface area contributed by atoms with Gasteiger partial charge in [-0.3, -0.25) is 0 Å². The Hall–Kier alpha value is -1.94. The smallest absolute Gasteiger partial charge is 0.363 e. The molecule has 8 nitrogen and oxygen atoms in total. The molecule has 0 aliphatic carbocycles. The van der Waals surface area contributed by atoms with Gasteiger partial charge in [0, 0.05) is 13.5 Å². The molecular formula is C18H31N3O5SSi. The summed E-state index contributed by atoms with van der Waals surface area (Å²) >= 11 is 1.16. The lowest BCUT2D eigenvalue weighted by molar-refractivity contribution is -0.168. The molecule has 28 heavy (non-hydrogen) atoms. The van der Waals surface area contributed by atoms with Gasteiger partial charge < -0.3 is 20.0 Å². The number of nitrogen functional groups attached to an aromatic ring is 1. The number of ether oxygens (including phenoxy) is 2. The molecule has 1 aromatic heterocycles. The largest absolute Gasteiger partial charge is 0.463 e. The van der Waals surface area contributed by atoms with E-state index in [0.717, 1.165) is 17.4 Å². The number of anilines is 1. The van der Waals surface area contributed by atoms with Crippen molar-refractivity contribution in [3.05, 3.63) is 11.1 Å². The highest BCUT2D eigenvalue weighted by molar-refractivity contribution is 7.13. The summed E-state index contributed by atoms with van der Waals surface area (Å²) in [5, 5.41) is 5.72. The minimum atomic E-state index is -1.38. The Morgan fingerprint density at radius 2 is 1.82 bits per heavy atom. The van der Waals surface area contributed by atoms with Crippen molar-refractivity contribution >= 4 is 42.2 Å². The molecule has 1 rings (SSSR count). The zero-order valence-corrected chi connectivity index (χ0v) is 19.7. The second-order valence-corrected chi connectivity index (χ2v) is 15.6. The number of hydrogen-bond donors (Lipinski definition) is 1. The molecule has 10 heteroatoms. The van der Waals surface area contributed by atoms with E-state index < -0.39 is 31.2 Å². The van der Waals surface area contributed by atoms with Crippen molar-refractivity contribution in [2.45, 2.75) is 71.5 Å². The van der Waals surface area contributed by atoms with E-state index in [-0.39, 0.29) is 16.5 Å². The van der Waals surface area contributed by atoms with Gasteiger partial charge in [-0.05, 0) is 40.7 Å². The third-order valence-electron chi connectivity index (χ3n) is 3.30. The molecule has 0 fully saturated rings. The number of hydrogen-bond acceptors (Lipinski definition) is 9. The molecule has 2 N–H and O–H groups in total. The zero-order valence-electron chi connectivity index (χ0n) is 17.9. The zero-order chi connectivity index (χ0) is 21.8. The SMILES string of the molecule is CC(C)(C)OC(=O)/C(=N/OC(C)(C)C(=O)OCC[Si](C)(C)C)c1csc(N)n1. The molecular weight excluding hydrogens is 398 g/mol. The second kappa shape index (κ2) is 9.04. The summed E-state index contributed by atoms with van der Waals surface area (Å²) in [7, 11) is -1.32. The van der Waals surface area contributed by atoms with Crippen LogP contribution in [0.15, 0.2) is 10.5 Å². The van der Waals surface area contributed by atoms with Crippen molar-refractivity contribution in [1.29, 1.82) is 0 Å². The molecule has 0 bridgehead atoms. The van der Waals surface area contributed by atoms with E-state index in [1.807, 2.05) is 0 Å². The minimum absolute atomic E-state index is 0.161. The van der Waals surface area contributed by atoms with Crippen LogP contribution in [0, 0.1) is 0 Å². The first kappa shape index (κ1) is 24.1. The number of aromatic nitrogens is 1. The van der Waals surface area contributed by atoms with Crippen LogP contribution in [0.4, 0.5) is 5.13 Å². The predicted molar refractivity (Wildman–Crippen MR) is 113 cm³/mol. The normalized spacial score (nSPS) is 13.2. The van der Waals surface area contributed by atoms with Crippen LogP contribution in [-0.2, 0) is 23.9 Å². The topological polar surface area (TPSA) is 113 Å². The van der Waals surface area contributed by atoms with Gasteiger partial charge in [-0.25, -0.2) is 14.6 Å². The van der Waals surface area contributed by atoms with Crippen LogP contribution in [0.2, 0.25) is 25.7 Å². The van der Waals surface area contributed by atoms with Crippen LogP contribution < -0.4 is 5.73 Å². The fraction of sp³-hybridized carbons (Fsp3) is 0.667. The summed E-state index contributed by atoms with van der Waals surface area (Å²) in [4.78, 5) is 34.3. The number of carbonyl (C=O) groups is 2. The summed E-state index contributed by atoms with van der Waals surface area (Å²) in [6.45, 7) is 15.2. The summed E-state index contributed by atoms with van der Waals surface area (Å²) < 4.78 is 10.7. The summed E-state index contributed by atoms with van der Waals surface area (Å²) in [6, 6.07) is 0.847. The highest BCUT2D eigenvalue weighted by Crippen LogP contribution is 2.19. The minimum Gasteiger partial charge on any atom is -0.463 e. The molecule has 1 aromatic rings. The maximum absolute atomic E-state index is 12.5. The quantitative estimate of drug-likeness (QED) is 0.291. The molecule has 0 radical (unpaired) electrons. The van der Waals surface area contributed by atoms with Crippen molar-refractivity contribution in [2.24, 2.45) is 5.16 Å². The third-order valence-corrected chi connectivity index (χ3v) is 5.68. The summed E-state index contributed by atoms with van der Waals surface area (Å²) in [5.74, 6) is -1.28. The molecule has 0 unspecified atom stereocenters. The van der Waals surface area contributed by atoms with Gasteiger partial charge in [0.05, 0.1) is 6.61 Å². The molecule has 0 saturated carbocycles. The number of oxime groups is 1. The maximum Gasteiger partial charge on any atom is 0.363 e. The Bertz CT molecular complexity index is 732. The summed E-state index contributed by atoms with van der Waals surface area (Å²) in [6.07, 6.45) is 0. The Morgan fingerprint density at radius 1 is 1.21 bits per heavy atom. The van der Waals surface area contributed by atoms with Crippen LogP contribution in [-0.4, -0.2) is 48.5 Å². The molecule has 1 heterocycles. The average molecular weight is 430 g/mol. The van der Waals surface area contributed by atoms with Gasteiger partial charge in [0.15, 0.2) is 5.13 Å². The van der Waals surface area contributed by atoms with Gasteiger partial charge in [-0.1, -0.05) is 24.8 Å². The molecule has 0 saturated heterocycles. The van der Waals surface area contributed by atoms with Gasteiger partial charge in [-0.15, -0.1) is 11.3 Å². The number of rotatable bonds is 8. The molecule has 0 aliphatic heterocycles. The maximum atomic E-state index is 12.5. The van der Waals surface area contributed by atoms with Crippen LogP contribution >= 0.6 is 11.3 Å². The first-order valence-corrected chi connectivity index (χ1v) is 13.6. The molecule has 158 valence electrons. The standard InChI is InChI=1S/C18H31N3O5SSi/c1-17(2,3)25-14(22)13(12-11-27-16(19)20-12)21-26-18(4,5)15(23)24-9-10-28(6,7)8/h11H,9-10H2,1-8H3,(H2,19,20)/b21-13+. The monoisotopic (exact) mass is 429 g/mol. The van der Waals surface area contributed by atoms with Crippen molar-refractivity contribution in [3.63, 3.8) is 0 Å². The number of esters is 2. The van der Waals surface area contributed by atoms with Crippen LogP contribution in [0.25, 0.3) is 0 Å². The molecule has 0 amide bonds. The number of nitrogens with zero attached hydrogens (tertiary/aromatic N) is 2. The lowest BCUT2D eigenvalue weighted by Crippen LogP contribution is -2.37. The van der Waals surface area contributed by atoms with E-state index >= 15 is 0 Å². The first-order chi connectivity index (χ1) is 12.6. The average Bonchev–Trinajstić information content (AvgIpc) is 2.90. The van der Waals surface area contributed by atoms with Gasteiger partial charge in [0.1, 0.15) is 11.3 Å². The third kappa shape index (κ3) is 8.38. The molecule has 0 spiro atoms. The van der Waals surface area contributed by atoms with Gasteiger partial charge in [0.2, 0.25) is 11.3 Å². The second-order valence-electron chi connectivity index (χ2n) is 9.06. The van der Waals surface area contributed by atoms with E-state index in [0.29, 0.717) is 6.61 Å². The predicted octanol–water partition coefficient (Wildman–Crippen LogP) is 3.45. The van der Waals surface area contributed by atoms with Crippen molar-refractivity contribution in [1.82, 2.24) is 4.98 Å². The Morgan fingerprint density at radius 3 is 2.29 bits per heavy atom. The van der Waals surface area contributed by atoms with E-state index in [4.69, 9.17) is 20.0 Å².